The van der Waals surface area contributed by atoms with E-state index >= 15 is 0 Å². The molecular weight excluding hydrogens is 370 g/mol. The molecule has 2 heterocycles. The molecule has 1 saturated carbocycles. The molecule has 1 N–H and O–H groups in total. The first-order valence-electron chi connectivity index (χ1n) is 9.16. The molecule has 2 aromatic heterocycles. The van der Waals surface area contributed by atoms with Gasteiger partial charge in [-0.2, -0.15) is 4.98 Å². The number of rotatable bonds is 5. The lowest BCUT2D eigenvalue weighted by Crippen LogP contribution is -2.11. The van der Waals surface area contributed by atoms with E-state index in [1.54, 1.807) is 0 Å². The number of carbonyl (C=O) groups is 1. The first-order valence-corrected chi connectivity index (χ1v) is 10.0. The zero-order valence-corrected chi connectivity index (χ0v) is 15.8. The SMILES string of the molecule is O=C(Nc1ccsc1-c1nc(C2CC2)no1)c1ccc(-c2ccccc2)cc1. The molecule has 1 fully saturated rings. The molecule has 1 aliphatic rings. The van der Waals surface area contributed by atoms with Gasteiger partial charge in [-0.05, 0) is 47.5 Å². The monoisotopic (exact) mass is 387 g/mol. The second kappa shape index (κ2) is 7.05. The Hall–Kier alpha value is -3.25. The number of hydrogen-bond donors (Lipinski definition) is 1. The van der Waals surface area contributed by atoms with Crippen molar-refractivity contribution < 1.29 is 9.32 Å². The minimum Gasteiger partial charge on any atom is -0.333 e. The third kappa shape index (κ3) is 3.34. The molecule has 4 aromatic rings. The molecule has 0 unspecified atom stereocenters. The normalized spacial score (nSPS) is 13.4. The fourth-order valence-corrected chi connectivity index (χ4v) is 3.82. The Morgan fingerprint density at radius 1 is 1.00 bits per heavy atom. The van der Waals surface area contributed by atoms with Crippen molar-refractivity contribution in [3.8, 4) is 21.9 Å². The van der Waals surface area contributed by atoms with Crippen molar-refractivity contribution in [2.75, 3.05) is 5.32 Å². The molecule has 5 rings (SSSR count). The number of thiophene rings is 1. The van der Waals surface area contributed by atoms with Crippen molar-refractivity contribution >= 4 is 22.9 Å². The van der Waals surface area contributed by atoms with Gasteiger partial charge < -0.3 is 9.84 Å². The molecule has 6 heteroatoms. The predicted molar refractivity (Wildman–Crippen MR) is 109 cm³/mol. The summed E-state index contributed by atoms with van der Waals surface area (Å²) in [6.07, 6.45) is 2.23. The summed E-state index contributed by atoms with van der Waals surface area (Å²) in [6.45, 7) is 0. The third-order valence-electron chi connectivity index (χ3n) is 4.75. The van der Waals surface area contributed by atoms with Gasteiger partial charge in [0.2, 0.25) is 0 Å². The number of anilines is 1. The molecule has 5 nitrogen and oxygen atoms in total. The lowest BCUT2D eigenvalue weighted by molar-refractivity contribution is 0.102. The van der Waals surface area contributed by atoms with Gasteiger partial charge in [0.1, 0.15) is 4.88 Å². The van der Waals surface area contributed by atoms with Crippen LogP contribution in [0.15, 0.2) is 70.6 Å². The quantitative estimate of drug-likeness (QED) is 0.484. The van der Waals surface area contributed by atoms with E-state index in [0.717, 1.165) is 34.7 Å². The van der Waals surface area contributed by atoms with Gasteiger partial charge in [0.15, 0.2) is 5.82 Å². The highest BCUT2D eigenvalue weighted by molar-refractivity contribution is 7.14. The van der Waals surface area contributed by atoms with Gasteiger partial charge >= 0.3 is 0 Å². The Kier molecular flexibility index (Phi) is 4.25. The number of nitrogens with one attached hydrogen (secondary N) is 1. The minimum absolute atomic E-state index is 0.166. The van der Waals surface area contributed by atoms with Crippen LogP contribution in [0, 0.1) is 0 Å². The molecule has 0 aliphatic heterocycles. The van der Waals surface area contributed by atoms with Crippen molar-refractivity contribution in [3.63, 3.8) is 0 Å². The van der Waals surface area contributed by atoms with E-state index in [1.807, 2.05) is 66.0 Å². The molecule has 0 saturated heterocycles. The summed E-state index contributed by atoms with van der Waals surface area (Å²) < 4.78 is 5.40. The number of carbonyl (C=O) groups excluding carboxylic acids is 1. The maximum Gasteiger partial charge on any atom is 0.270 e. The Morgan fingerprint density at radius 3 is 2.50 bits per heavy atom. The molecule has 138 valence electrons. The minimum atomic E-state index is -0.166. The van der Waals surface area contributed by atoms with Crippen LogP contribution in [0.4, 0.5) is 5.69 Å². The van der Waals surface area contributed by atoms with E-state index < -0.39 is 0 Å². The Morgan fingerprint density at radius 2 is 1.75 bits per heavy atom. The maximum absolute atomic E-state index is 12.7. The highest BCUT2D eigenvalue weighted by Crippen LogP contribution is 2.40. The molecule has 28 heavy (non-hydrogen) atoms. The lowest BCUT2D eigenvalue weighted by atomic mass is 10.0. The Bertz CT molecular complexity index is 1110. The van der Waals surface area contributed by atoms with Gasteiger partial charge in [-0.15, -0.1) is 11.3 Å². The smallest absolute Gasteiger partial charge is 0.270 e. The molecule has 0 spiro atoms. The molecule has 0 bridgehead atoms. The zero-order valence-electron chi connectivity index (χ0n) is 15.0. The average Bonchev–Trinajstić information content (AvgIpc) is 3.30. The van der Waals surface area contributed by atoms with Crippen LogP contribution in [0.1, 0.15) is 34.9 Å². The Balaban J connectivity index is 1.34. The van der Waals surface area contributed by atoms with Gasteiger partial charge in [0.05, 0.1) is 5.69 Å². The van der Waals surface area contributed by atoms with Crippen molar-refractivity contribution in [2.45, 2.75) is 18.8 Å². The number of nitrogens with zero attached hydrogens (tertiary/aromatic N) is 2. The van der Waals surface area contributed by atoms with Crippen molar-refractivity contribution in [3.05, 3.63) is 77.4 Å². The summed E-state index contributed by atoms with van der Waals surface area (Å²) in [4.78, 5) is 18.0. The van der Waals surface area contributed by atoms with E-state index in [4.69, 9.17) is 4.52 Å². The van der Waals surface area contributed by atoms with Crippen LogP contribution in [0.25, 0.3) is 21.9 Å². The highest BCUT2D eigenvalue weighted by Gasteiger charge is 2.29. The molecule has 2 aromatic carbocycles. The van der Waals surface area contributed by atoms with Crippen LogP contribution in [0.5, 0.6) is 0 Å². The number of aromatic nitrogens is 2. The van der Waals surface area contributed by atoms with Gasteiger partial charge in [0, 0.05) is 11.5 Å². The third-order valence-corrected chi connectivity index (χ3v) is 5.65. The summed E-state index contributed by atoms with van der Waals surface area (Å²) in [5.41, 5.74) is 3.48. The summed E-state index contributed by atoms with van der Waals surface area (Å²) in [5, 5.41) is 8.93. The summed E-state index contributed by atoms with van der Waals surface area (Å²) in [5.74, 6) is 1.49. The van der Waals surface area contributed by atoms with E-state index in [9.17, 15) is 4.79 Å². The van der Waals surface area contributed by atoms with E-state index in [1.165, 1.54) is 11.3 Å². The van der Waals surface area contributed by atoms with Crippen LogP contribution >= 0.6 is 11.3 Å². The summed E-state index contributed by atoms with van der Waals surface area (Å²) in [6, 6.07) is 19.5. The van der Waals surface area contributed by atoms with Gasteiger partial charge in [-0.25, -0.2) is 0 Å². The highest BCUT2D eigenvalue weighted by atomic mass is 32.1. The van der Waals surface area contributed by atoms with Crippen molar-refractivity contribution in [1.82, 2.24) is 10.1 Å². The predicted octanol–water partition coefficient (Wildman–Crippen LogP) is 5.59. The fraction of sp³-hybridized carbons (Fsp3) is 0.136. The van der Waals surface area contributed by atoms with Crippen LogP contribution in [-0.4, -0.2) is 16.0 Å². The van der Waals surface area contributed by atoms with E-state index in [2.05, 4.69) is 15.5 Å². The van der Waals surface area contributed by atoms with E-state index in [-0.39, 0.29) is 5.91 Å². The number of amides is 1. The molecule has 1 aliphatic carbocycles. The first kappa shape index (κ1) is 16.9. The number of hydrogen-bond acceptors (Lipinski definition) is 5. The largest absolute Gasteiger partial charge is 0.333 e. The van der Waals surface area contributed by atoms with Crippen LogP contribution < -0.4 is 5.32 Å². The zero-order chi connectivity index (χ0) is 18.9. The van der Waals surface area contributed by atoms with Gasteiger partial charge in [-0.3, -0.25) is 4.79 Å². The second-order valence-electron chi connectivity index (χ2n) is 6.79. The fourth-order valence-electron chi connectivity index (χ4n) is 3.05. The maximum atomic E-state index is 12.7. The first-order chi connectivity index (χ1) is 13.8. The van der Waals surface area contributed by atoms with Crippen LogP contribution in [0.3, 0.4) is 0 Å². The van der Waals surface area contributed by atoms with Crippen LogP contribution in [-0.2, 0) is 0 Å². The topological polar surface area (TPSA) is 68.0 Å². The molecule has 1 amide bonds. The molecule has 0 atom stereocenters. The molecular formula is C22H17N3O2S. The van der Waals surface area contributed by atoms with Crippen molar-refractivity contribution in [2.24, 2.45) is 0 Å². The number of benzene rings is 2. The standard InChI is InChI=1S/C22H17N3O2S/c26-21(17-10-6-15(7-11-17)14-4-2-1-3-5-14)23-18-12-13-28-19(18)22-24-20(25-27-22)16-8-9-16/h1-7,10-13,16H,8-9H2,(H,23,26). The average molecular weight is 387 g/mol. The van der Waals surface area contributed by atoms with Crippen LogP contribution in [0.2, 0.25) is 0 Å². The van der Waals surface area contributed by atoms with Crippen molar-refractivity contribution in [1.29, 1.82) is 0 Å². The van der Waals surface area contributed by atoms with Gasteiger partial charge in [0.25, 0.3) is 11.8 Å². The summed E-state index contributed by atoms with van der Waals surface area (Å²) >= 11 is 1.47. The lowest BCUT2D eigenvalue weighted by Gasteiger charge is -2.06. The Labute approximate surface area is 166 Å². The second-order valence-corrected chi connectivity index (χ2v) is 7.71. The summed E-state index contributed by atoms with van der Waals surface area (Å²) in [7, 11) is 0. The molecule has 0 radical (unpaired) electrons. The van der Waals surface area contributed by atoms with Gasteiger partial charge in [-0.1, -0.05) is 47.6 Å². The van der Waals surface area contributed by atoms with E-state index in [0.29, 0.717) is 23.1 Å².